The van der Waals surface area contributed by atoms with Gasteiger partial charge in [-0.1, -0.05) is 6.07 Å². The maximum atomic E-state index is 5.38. The van der Waals surface area contributed by atoms with Gasteiger partial charge < -0.3 is 15.4 Å². The predicted octanol–water partition coefficient (Wildman–Crippen LogP) is 2.32. The fraction of sp³-hybridized carbons (Fsp3) is 0.600. The van der Waals surface area contributed by atoms with Crippen molar-refractivity contribution in [1.29, 1.82) is 0 Å². The molecule has 0 aliphatic carbocycles. The molecule has 0 saturated carbocycles. The van der Waals surface area contributed by atoms with Crippen molar-refractivity contribution in [3.63, 3.8) is 0 Å². The van der Waals surface area contributed by atoms with Gasteiger partial charge in [-0.05, 0) is 63.0 Å². The van der Waals surface area contributed by atoms with Crippen LogP contribution in [0.3, 0.4) is 0 Å². The molecule has 2 N–H and O–H groups in total. The highest BCUT2D eigenvalue weighted by Gasteiger charge is 2.26. The maximum Gasteiger partial charge on any atom is 0.122 e. The van der Waals surface area contributed by atoms with Crippen molar-refractivity contribution >= 4 is 0 Å². The molecule has 3 heteroatoms. The molecule has 0 radical (unpaired) electrons. The average molecular weight is 248 g/mol. The number of nitrogens with one attached hydrogen (secondary N) is 2. The molecule has 1 aromatic rings. The lowest BCUT2D eigenvalue weighted by molar-refractivity contribution is 0.408. The summed E-state index contributed by atoms with van der Waals surface area (Å²) in [4.78, 5) is 0. The molecule has 100 valence electrons. The number of aryl methyl sites for hydroxylation is 2. The zero-order valence-electron chi connectivity index (χ0n) is 11.8. The van der Waals surface area contributed by atoms with Crippen LogP contribution < -0.4 is 15.4 Å². The SMILES string of the molecule is CNC(c1cc(C)c(OC)cc1C)C1CCCN1. The van der Waals surface area contributed by atoms with Gasteiger partial charge in [0.25, 0.3) is 0 Å². The number of hydrogen-bond acceptors (Lipinski definition) is 3. The van der Waals surface area contributed by atoms with E-state index in [4.69, 9.17) is 4.74 Å². The molecular formula is C15H24N2O. The Balaban J connectivity index is 2.32. The van der Waals surface area contributed by atoms with Crippen LogP contribution in [0.25, 0.3) is 0 Å². The number of likely N-dealkylation sites (N-methyl/N-ethyl adjacent to an activating group) is 1. The summed E-state index contributed by atoms with van der Waals surface area (Å²) in [5.74, 6) is 0.977. The number of methoxy groups -OCH3 is 1. The highest BCUT2D eigenvalue weighted by atomic mass is 16.5. The number of rotatable bonds is 4. The number of ether oxygens (including phenoxy) is 1. The Hall–Kier alpha value is -1.06. The second-order valence-electron chi connectivity index (χ2n) is 5.15. The fourth-order valence-corrected chi connectivity index (χ4v) is 2.94. The normalized spacial score (nSPS) is 21.0. The van der Waals surface area contributed by atoms with Crippen molar-refractivity contribution in [2.24, 2.45) is 0 Å². The van der Waals surface area contributed by atoms with Gasteiger partial charge in [0, 0.05) is 12.1 Å². The minimum atomic E-state index is 0.386. The lowest BCUT2D eigenvalue weighted by Crippen LogP contribution is -2.36. The van der Waals surface area contributed by atoms with Gasteiger partial charge in [0.1, 0.15) is 5.75 Å². The summed E-state index contributed by atoms with van der Waals surface area (Å²) in [7, 11) is 3.78. The van der Waals surface area contributed by atoms with Crippen LogP contribution in [-0.2, 0) is 0 Å². The summed E-state index contributed by atoms with van der Waals surface area (Å²) in [6.45, 7) is 5.41. The van der Waals surface area contributed by atoms with Crippen LogP contribution >= 0.6 is 0 Å². The Morgan fingerprint density at radius 1 is 1.33 bits per heavy atom. The van der Waals surface area contributed by atoms with Gasteiger partial charge in [0.2, 0.25) is 0 Å². The molecule has 0 aromatic heterocycles. The van der Waals surface area contributed by atoms with Crippen molar-refractivity contribution in [1.82, 2.24) is 10.6 Å². The van der Waals surface area contributed by atoms with Gasteiger partial charge >= 0.3 is 0 Å². The summed E-state index contributed by atoms with van der Waals surface area (Å²) < 4.78 is 5.38. The van der Waals surface area contributed by atoms with E-state index < -0.39 is 0 Å². The third kappa shape index (κ3) is 2.52. The first kappa shape index (κ1) is 13.4. The highest BCUT2D eigenvalue weighted by Crippen LogP contribution is 2.30. The van der Waals surface area contributed by atoms with Crippen LogP contribution in [0.2, 0.25) is 0 Å². The first-order valence-corrected chi connectivity index (χ1v) is 6.73. The summed E-state index contributed by atoms with van der Waals surface area (Å²) in [6.07, 6.45) is 2.52. The Morgan fingerprint density at radius 2 is 2.11 bits per heavy atom. The minimum Gasteiger partial charge on any atom is -0.496 e. The van der Waals surface area contributed by atoms with E-state index in [9.17, 15) is 0 Å². The standard InChI is InChI=1S/C15H24N2O/c1-10-9-14(18-4)11(2)8-12(10)15(16-3)13-6-5-7-17-13/h8-9,13,15-17H,5-7H2,1-4H3. The summed E-state index contributed by atoms with van der Waals surface area (Å²) in [6, 6.07) is 5.33. The Bertz CT molecular complexity index is 411. The molecule has 1 fully saturated rings. The number of hydrogen-bond donors (Lipinski definition) is 2. The molecule has 0 bridgehead atoms. The Kier molecular flexibility index (Phi) is 4.25. The molecule has 2 rings (SSSR count). The van der Waals surface area contributed by atoms with Crippen LogP contribution in [0.1, 0.15) is 35.6 Å². The number of benzene rings is 1. The van der Waals surface area contributed by atoms with Crippen LogP contribution in [0.15, 0.2) is 12.1 Å². The average Bonchev–Trinajstić information content (AvgIpc) is 2.87. The van der Waals surface area contributed by atoms with Gasteiger partial charge in [-0.3, -0.25) is 0 Å². The maximum absolute atomic E-state index is 5.38. The molecule has 18 heavy (non-hydrogen) atoms. The summed E-state index contributed by atoms with van der Waals surface area (Å²) in [5.41, 5.74) is 3.89. The molecule has 2 unspecified atom stereocenters. The molecular weight excluding hydrogens is 224 g/mol. The van der Waals surface area contributed by atoms with E-state index >= 15 is 0 Å². The van der Waals surface area contributed by atoms with Crippen molar-refractivity contribution < 1.29 is 4.74 Å². The topological polar surface area (TPSA) is 33.3 Å². The summed E-state index contributed by atoms with van der Waals surface area (Å²) >= 11 is 0. The van der Waals surface area contributed by atoms with Crippen LogP contribution in [0.4, 0.5) is 0 Å². The summed E-state index contributed by atoms with van der Waals surface area (Å²) in [5, 5.41) is 7.05. The van der Waals surface area contributed by atoms with Gasteiger partial charge in [-0.15, -0.1) is 0 Å². The van der Waals surface area contributed by atoms with Crippen molar-refractivity contribution in [3.8, 4) is 5.75 Å². The second kappa shape index (κ2) is 5.72. The molecule has 2 atom stereocenters. The smallest absolute Gasteiger partial charge is 0.122 e. The third-order valence-corrected chi connectivity index (χ3v) is 3.93. The van der Waals surface area contributed by atoms with E-state index in [1.165, 1.54) is 29.5 Å². The molecule has 0 spiro atoms. The van der Waals surface area contributed by atoms with Gasteiger partial charge in [-0.25, -0.2) is 0 Å². The van der Waals surface area contributed by atoms with Crippen molar-refractivity contribution in [3.05, 3.63) is 28.8 Å². The van der Waals surface area contributed by atoms with Gasteiger partial charge in [0.15, 0.2) is 0 Å². The minimum absolute atomic E-state index is 0.386. The van der Waals surface area contributed by atoms with Crippen LogP contribution in [0, 0.1) is 13.8 Å². The van der Waals surface area contributed by atoms with E-state index in [2.05, 4.69) is 36.6 Å². The predicted molar refractivity (Wildman–Crippen MR) is 75.3 cm³/mol. The lowest BCUT2D eigenvalue weighted by atomic mass is 9.92. The Morgan fingerprint density at radius 3 is 2.67 bits per heavy atom. The molecule has 1 aliphatic heterocycles. The third-order valence-electron chi connectivity index (χ3n) is 3.93. The van der Waals surface area contributed by atoms with Gasteiger partial charge in [0.05, 0.1) is 7.11 Å². The lowest BCUT2D eigenvalue weighted by Gasteiger charge is -2.26. The fourth-order valence-electron chi connectivity index (χ4n) is 2.94. The molecule has 1 heterocycles. The molecule has 1 aliphatic rings. The molecule has 0 amide bonds. The van der Waals surface area contributed by atoms with Crippen molar-refractivity contribution in [2.45, 2.75) is 38.8 Å². The zero-order valence-corrected chi connectivity index (χ0v) is 11.8. The van der Waals surface area contributed by atoms with Crippen molar-refractivity contribution in [2.75, 3.05) is 20.7 Å². The Labute approximate surface area is 110 Å². The second-order valence-corrected chi connectivity index (χ2v) is 5.15. The van der Waals surface area contributed by atoms with E-state index in [1.54, 1.807) is 7.11 Å². The van der Waals surface area contributed by atoms with E-state index in [0.29, 0.717) is 12.1 Å². The van der Waals surface area contributed by atoms with E-state index in [-0.39, 0.29) is 0 Å². The first-order valence-electron chi connectivity index (χ1n) is 6.73. The van der Waals surface area contributed by atoms with Crippen LogP contribution in [-0.4, -0.2) is 26.7 Å². The molecule has 1 saturated heterocycles. The van der Waals surface area contributed by atoms with E-state index in [1.807, 2.05) is 7.05 Å². The van der Waals surface area contributed by atoms with E-state index in [0.717, 1.165) is 12.3 Å². The first-order chi connectivity index (χ1) is 8.67. The van der Waals surface area contributed by atoms with Gasteiger partial charge in [-0.2, -0.15) is 0 Å². The highest BCUT2D eigenvalue weighted by molar-refractivity contribution is 5.43. The zero-order chi connectivity index (χ0) is 13.1. The molecule has 1 aromatic carbocycles. The largest absolute Gasteiger partial charge is 0.496 e. The molecule has 3 nitrogen and oxygen atoms in total. The monoisotopic (exact) mass is 248 g/mol. The quantitative estimate of drug-likeness (QED) is 0.858. The van der Waals surface area contributed by atoms with Crippen LogP contribution in [0.5, 0.6) is 5.75 Å².